The quantitative estimate of drug-likeness (QED) is 0.406. The first-order chi connectivity index (χ1) is 10.4. The van der Waals surface area contributed by atoms with Gasteiger partial charge < -0.3 is 4.98 Å². The summed E-state index contributed by atoms with van der Waals surface area (Å²) in [6.45, 7) is 3.45. The molecule has 0 unspecified atom stereocenters. The Morgan fingerprint density at radius 2 is 1.43 bits per heavy atom. The molecule has 1 N–H and O–H groups in total. The van der Waals surface area contributed by atoms with Gasteiger partial charge in [0.2, 0.25) is 0 Å². The Labute approximate surface area is 161 Å². The number of H-pyrrole nitrogens is 1. The van der Waals surface area contributed by atoms with Crippen molar-refractivity contribution < 1.29 is 4.57 Å². The van der Waals surface area contributed by atoms with Crippen LogP contribution in [0.15, 0.2) is 17.4 Å². The van der Waals surface area contributed by atoms with Crippen LogP contribution in [0.3, 0.4) is 0 Å². The molecular formula is C10H9Cl6N4O2P. The van der Waals surface area contributed by atoms with Crippen LogP contribution in [0.2, 0.25) is 15.2 Å². The zero-order valence-corrected chi connectivity index (χ0v) is 17.0. The number of aromatic amines is 1. The smallest absolute Gasteiger partial charge is 0.312 e. The van der Waals surface area contributed by atoms with Crippen molar-refractivity contribution in [2.24, 2.45) is 0 Å². The summed E-state index contributed by atoms with van der Waals surface area (Å²) in [4.78, 5) is 24.2. The number of rotatable bonds is 0. The molecule has 0 aromatic carbocycles. The summed E-state index contributed by atoms with van der Waals surface area (Å²) < 4.78 is 9.51. The second-order valence-corrected chi connectivity index (χ2v) is 11.3. The number of hydrogen-bond donors (Lipinski definition) is 1. The van der Waals surface area contributed by atoms with Gasteiger partial charge in [-0.15, -0.1) is 0 Å². The molecule has 0 fully saturated rings. The molecule has 128 valence electrons. The van der Waals surface area contributed by atoms with Crippen LogP contribution in [-0.4, -0.2) is 19.9 Å². The van der Waals surface area contributed by atoms with Crippen molar-refractivity contribution >= 4 is 73.7 Å². The lowest BCUT2D eigenvalue weighted by Gasteiger charge is -1.94. The monoisotopic (exact) mass is 458 g/mol. The van der Waals surface area contributed by atoms with E-state index in [4.69, 9.17) is 34.8 Å². The Balaban J connectivity index is 0.000000332. The average molecular weight is 461 g/mol. The van der Waals surface area contributed by atoms with Crippen LogP contribution in [0.1, 0.15) is 11.4 Å². The van der Waals surface area contributed by atoms with E-state index in [1.165, 1.54) is 12.7 Å². The van der Waals surface area contributed by atoms with Gasteiger partial charge in [0.15, 0.2) is 5.15 Å². The van der Waals surface area contributed by atoms with Crippen molar-refractivity contribution in [3.8, 4) is 0 Å². The molecule has 0 atom stereocenters. The molecule has 23 heavy (non-hydrogen) atoms. The van der Waals surface area contributed by atoms with E-state index in [9.17, 15) is 9.36 Å². The van der Waals surface area contributed by atoms with Gasteiger partial charge in [-0.1, -0.05) is 34.8 Å². The summed E-state index contributed by atoms with van der Waals surface area (Å²) in [5, 5.41) is -2.32. The summed E-state index contributed by atoms with van der Waals surface area (Å²) >= 11 is 30.5. The first kappa shape index (κ1) is 22.9. The van der Waals surface area contributed by atoms with Crippen LogP contribution < -0.4 is 5.56 Å². The van der Waals surface area contributed by atoms with Crippen molar-refractivity contribution in [2.45, 2.75) is 13.8 Å². The minimum Gasteiger partial charge on any atom is -0.312 e. The third-order valence-corrected chi connectivity index (χ3v) is 3.17. The van der Waals surface area contributed by atoms with Gasteiger partial charge in [0.25, 0.3) is 5.56 Å². The van der Waals surface area contributed by atoms with Gasteiger partial charge in [0, 0.05) is 0 Å². The average Bonchev–Trinajstić information content (AvgIpc) is 2.41. The molecule has 0 radical (unpaired) electrons. The second-order valence-electron chi connectivity index (χ2n) is 3.59. The third-order valence-electron chi connectivity index (χ3n) is 1.89. The number of aryl methyl sites for hydroxylation is 2. The van der Waals surface area contributed by atoms with E-state index in [1.807, 2.05) is 0 Å². The third kappa shape index (κ3) is 11.2. The lowest BCUT2D eigenvalue weighted by atomic mass is 10.4. The van der Waals surface area contributed by atoms with Crippen molar-refractivity contribution in [1.29, 1.82) is 0 Å². The first-order valence-electron chi connectivity index (χ1n) is 5.44. The molecule has 0 spiro atoms. The Bertz CT molecular complexity index is 722. The SMILES string of the molecule is Cc1nc[nH]c(=O)c1Cl.Cc1ncnc(Cl)c1Cl.O=P(Cl)(Cl)Cl. The maximum absolute atomic E-state index is 10.6. The molecule has 0 aliphatic heterocycles. The highest BCUT2D eigenvalue weighted by molar-refractivity contribution is 8.24. The van der Waals surface area contributed by atoms with Crippen LogP contribution in [0.4, 0.5) is 0 Å². The Hall–Kier alpha value is -0.0700. The van der Waals surface area contributed by atoms with Crippen LogP contribution in [0, 0.1) is 13.8 Å². The number of hydrogen-bond acceptors (Lipinski definition) is 5. The van der Waals surface area contributed by atoms with E-state index in [2.05, 4.69) is 53.7 Å². The van der Waals surface area contributed by atoms with Gasteiger partial charge >= 0.3 is 5.20 Å². The first-order valence-corrected chi connectivity index (χ1v) is 11.0. The number of nitrogens with zero attached hydrogens (tertiary/aromatic N) is 3. The van der Waals surface area contributed by atoms with E-state index >= 15 is 0 Å². The molecule has 0 aliphatic carbocycles. The highest BCUT2D eigenvalue weighted by atomic mass is 36.0. The van der Waals surface area contributed by atoms with E-state index in [0.717, 1.165) is 0 Å². The molecular weight excluding hydrogens is 452 g/mol. The van der Waals surface area contributed by atoms with Crippen molar-refractivity contribution in [2.75, 3.05) is 0 Å². The standard InChI is InChI=1S/C5H4Cl2N2.C5H5ClN2O.Cl3OP/c1-3-4(6)5(7)9-2-8-3;1-3-4(6)5(9)8-2-7-3;1-5(2,3)4/h2H,1H3;2H,1H3,(H,7,8,9);. The summed E-state index contributed by atoms with van der Waals surface area (Å²) in [5.74, 6) is 0. The van der Waals surface area contributed by atoms with E-state index in [0.29, 0.717) is 21.6 Å². The van der Waals surface area contributed by atoms with Crippen molar-refractivity contribution in [3.05, 3.63) is 49.6 Å². The zero-order valence-electron chi connectivity index (χ0n) is 11.5. The van der Waals surface area contributed by atoms with Crippen molar-refractivity contribution in [1.82, 2.24) is 19.9 Å². The summed E-state index contributed by atoms with van der Waals surface area (Å²) in [7, 11) is 0. The second kappa shape index (κ2) is 10.7. The Morgan fingerprint density at radius 3 is 1.78 bits per heavy atom. The molecule has 6 nitrogen and oxygen atoms in total. The molecule has 2 aromatic heterocycles. The highest BCUT2D eigenvalue weighted by Gasteiger charge is 2.03. The Kier molecular flexibility index (Phi) is 10.7. The normalized spacial score (nSPS) is 10.1. The highest BCUT2D eigenvalue weighted by Crippen LogP contribution is 2.61. The minimum absolute atomic E-state index is 0.164. The zero-order chi connectivity index (χ0) is 18.2. The molecule has 0 amide bonds. The lowest BCUT2D eigenvalue weighted by Crippen LogP contribution is -2.07. The summed E-state index contributed by atoms with van der Waals surface area (Å²) in [5.41, 5.74) is 0.973. The van der Waals surface area contributed by atoms with Crippen LogP contribution in [0.25, 0.3) is 0 Å². The van der Waals surface area contributed by atoms with Crippen LogP contribution >= 0.6 is 73.7 Å². The number of aromatic nitrogens is 4. The van der Waals surface area contributed by atoms with Crippen LogP contribution in [-0.2, 0) is 4.57 Å². The summed E-state index contributed by atoms with van der Waals surface area (Å²) in [6.07, 6.45) is 2.70. The minimum atomic E-state index is -3.22. The molecule has 0 saturated heterocycles. The van der Waals surface area contributed by atoms with E-state index in [1.54, 1.807) is 13.8 Å². The Morgan fingerprint density at radius 1 is 0.957 bits per heavy atom. The molecule has 0 saturated carbocycles. The maximum atomic E-state index is 10.6. The molecule has 2 rings (SSSR count). The fourth-order valence-electron chi connectivity index (χ4n) is 0.901. The number of nitrogens with one attached hydrogen (secondary N) is 1. The molecule has 0 aliphatic rings. The molecule has 0 bridgehead atoms. The largest absolute Gasteiger partial charge is 0.339 e. The summed E-state index contributed by atoms with van der Waals surface area (Å²) in [6, 6.07) is 0. The fourth-order valence-corrected chi connectivity index (χ4v) is 1.28. The maximum Gasteiger partial charge on any atom is 0.339 e. The molecule has 2 aromatic rings. The van der Waals surface area contributed by atoms with Crippen LogP contribution in [0.5, 0.6) is 0 Å². The van der Waals surface area contributed by atoms with Gasteiger partial charge in [-0.2, -0.15) is 0 Å². The van der Waals surface area contributed by atoms with E-state index < -0.39 is 5.20 Å². The predicted octanol–water partition coefficient (Wildman–Crippen LogP) is 5.63. The lowest BCUT2D eigenvalue weighted by molar-refractivity contribution is 0.600. The van der Waals surface area contributed by atoms with Gasteiger partial charge in [-0.3, -0.25) is 9.36 Å². The molecule has 13 heteroatoms. The van der Waals surface area contributed by atoms with Gasteiger partial charge in [0.1, 0.15) is 11.3 Å². The van der Waals surface area contributed by atoms with Crippen molar-refractivity contribution in [3.63, 3.8) is 0 Å². The fraction of sp³-hybridized carbons (Fsp3) is 0.200. The van der Waals surface area contributed by atoms with E-state index in [-0.39, 0.29) is 10.6 Å². The van der Waals surface area contributed by atoms with Gasteiger partial charge in [-0.25, -0.2) is 15.0 Å². The molecule has 2 heterocycles. The van der Waals surface area contributed by atoms with Gasteiger partial charge in [-0.05, 0) is 47.6 Å². The topological polar surface area (TPSA) is 88.6 Å². The predicted molar refractivity (Wildman–Crippen MR) is 96.6 cm³/mol. The van der Waals surface area contributed by atoms with Gasteiger partial charge in [0.05, 0.1) is 22.7 Å². The number of halogens is 6.